The van der Waals surface area contributed by atoms with Crippen LogP contribution in [0.5, 0.6) is 5.75 Å². The van der Waals surface area contributed by atoms with E-state index in [1.165, 1.54) is 22.9 Å². The molecule has 4 amide bonds. The third-order valence-corrected chi connectivity index (χ3v) is 7.84. The fraction of sp³-hybridized carbons (Fsp3) is 0.545. The van der Waals surface area contributed by atoms with Crippen molar-refractivity contribution in [2.45, 2.75) is 77.3 Å². The SMILES string of the molecule is C[C@@H]1CCCCO[C@@H](CN(C)C(=O)CCC(F)(F)F)[C@@H](C)CN([C@H](C)CO)C(=O)c2cc(NC(=O)Nc3ccccc3)ccc2O1. The predicted octanol–water partition coefficient (Wildman–Crippen LogP) is 5.93. The summed E-state index contributed by atoms with van der Waals surface area (Å²) in [6.45, 7) is 5.57. The zero-order valence-electron chi connectivity index (χ0n) is 26.8. The van der Waals surface area contributed by atoms with Crippen molar-refractivity contribution in [1.82, 2.24) is 9.80 Å². The monoisotopic (exact) mass is 650 g/mol. The molecule has 0 radical (unpaired) electrons. The van der Waals surface area contributed by atoms with E-state index in [0.717, 1.165) is 6.42 Å². The Morgan fingerprint density at radius 2 is 1.78 bits per heavy atom. The number of nitrogens with zero attached hydrogens (tertiary/aromatic N) is 2. The van der Waals surface area contributed by atoms with Crippen LogP contribution in [-0.4, -0.2) is 90.5 Å². The van der Waals surface area contributed by atoms with Gasteiger partial charge < -0.3 is 35.0 Å². The van der Waals surface area contributed by atoms with Gasteiger partial charge in [0.1, 0.15) is 5.75 Å². The van der Waals surface area contributed by atoms with E-state index in [1.807, 2.05) is 19.9 Å². The number of likely N-dealkylation sites (N-methyl/N-ethyl adjacent to an activating group) is 1. The first-order chi connectivity index (χ1) is 21.8. The third kappa shape index (κ3) is 11.5. The highest BCUT2D eigenvalue weighted by atomic mass is 19.4. The zero-order valence-corrected chi connectivity index (χ0v) is 26.8. The lowest BCUT2D eigenvalue weighted by Gasteiger charge is -2.36. The largest absolute Gasteiger partial charge is 0.490 e. The summed E-state index contributed by atoms with van der Waals surface area (Å²) in [7, 11) is 1.44. The number of carbonyl (C=O) groups is 3. The molecule has 0 saturated carbocycles. The average Bonchev–Trinajstić information content (AvgIpc) is 3.01. The Morgan fingerprint density at radius 3 is 2.46 bits per heavy atom. The van der Waals surface area contributed by atoms with E-state index < -0.39 is 49.0 Å². The number of para-hydroxylation sites is 1. The number of aliphatic hydroxyl groups is 1. The first kappa shape index (κ1) is 36.6. The molecule has 1 heterocycles. The fourth-order valence-electron chi connectivity index (χ4n) is 5.09. The first-order valence-electron chi connectivity index (χ1n) is 15.5. The van der Waals surface area contributed by atoms with E-state index in [9.17, 15) is 32.7 Å². The second-order valence-corrected chi connectivity index (χ2v) is 11.8. The highest BCUT2D eigenvalue weighted by Gasteiger charge is 2.32. The number of benzene rings is 2. The summed E-state index contributed by atoms with van der Waals surface area (Å²) in [6.07, 6.45) is -5.08. The van der Waals surface area contributed by atoms with Crippen LogP contribution in [0.3, 0.4) is 0 Å². The Bertz CT molecular complexity index is 1300. The molecule has 3 N–H and O–H groups in total. The highest BCUT2D eigenvalue weighted by molar-refractivity contribution is 6.02. The molecule has 1 aliphatic heterocycles. The van der Waals surface area contributed by atoms with Gasteiger partial charge in [-0.25, -0.2) is 4.79 Å². The van der Waals surface area contributed by atoms with Crippen LogP contribution in [0.4, 0.5) is 29.3 Å². The van der Waals surface area contributed by atoms with Crippen molar-refractivity contribution in [3.63, 3.8) is 0 Å². The first-order valence-corrected chi connectivity index (χ1v) is 15.5. The molecule has 254 valence electrons. The van der Waals surface area contributed by atoms with Gasteiger partial charge in [-0.2, -0.15) is 13.2 Å². The predicted molar refractivity (Wildman–Crippen MR) is 169 cm³/mol. The van der Waals surface area contributed by atoms with Gasteiger partial charge in [0.05, 0.1) is 36.8 Å². The number of rotatable bonds is 8. The number of fused-ring (bicyclic) bond motifs is 1. The fourth-order valence-corrected chi connectivity index (χ4v) is 5.09. The van der Waals surface area contributed by atoms with Crippen LogP contribution in [0.15, 0.2) is 48.5 Å². The number of carbonyl (C=O) groups excluding carboxylic acids is 3. The van der Waals surface area contributed by atoms with Gasteiger partial charge in [0.25, 0.3) is 5.91 Å². The maximum Gasteiger partial charge on any atom is 0.389 e. The van der Waals surface area contributed by atoms with Crippen LogP contribution in [-0.2, 0) is 9.53 Å². The summed E-state index contributed by atoms with van der Waals surface area (Å²) in [5.41, 5.74) is 1.13. The van der Waals surface area contributed by atoms with Gasteiger partial charge in [0.2, 0.25) is 5.91 Å². The van der Waals surface area contributed by atoms with Gasteiger partial charge in [0, 0.05) is 50.5 Å². The molecular weight excluding hydrogens is 605 g/mol. The lowest BCUT2D eigenvalue weighted by Crippen LogP contribution is -2.48. The molecule has 0 fully saturated rings. The number of ether oxygens (including phenoxy) is 2. The van der Waals surface area contributed by atoms with Gasteiger partial charge in [-0.1, -0.05) is 25.1 Å². The maximum absolute atomic E-state index is 14.2. The number of nitrogens with one attached hydrogen (secondary N) is 2. The number of hydrogen-bond donors (Lipinski definition) is 3. The normalized spacial score (nSPS) is 20.5. The van der Waals surface area contributed by atoms with Gasteiger partial charge in [0.15, 0.2) is 0 Å². The zero-order chi connectivity index (χ0) is 33.9. The minimum absolute atomic E-state index is 0.0358. The van der Waals surface area contributed by atoms with Crippen molar-refractivity contribution in [1.29, 1.82) is 0 Å². The number of urea groups is 1. The Labute approximate surface area is 268 Å². The molecule has 2 aromatic carbocycles. The molecular formula is C33H45F3N4O6. The van der Waals surface area contributed by atoms with Crippen molar-refractivity contribution in [3.8, 4) is 5.75 Å². The van der Waals surface area contributed by atoms with Crippen molar-refractivity contribution < 1.29 is 42.1 Å². The van der Waals surface area contributed by atoms with Crippen LogP contribution in [0.1, 0.15) is 63.2 Å². The van der Waals surface area contributed by atoms with Gasteiger partial charge >= 0.3 is 12.2 Å². The lowest BCUT2D eigenvalue weighted by molar-refractivity contribution is -0.149. The minimum Gasteiger partial charge on any atom is -0.490 e. The molecule has 0 aromatic heterocycles. The number of halogens is 3. The average molecular weight is 651 g/mol. The van der Waals surface area contributed by atoms with Crippen LogP contribution >= 0.6 is 0 Å². The van der Waals surface area contributed by atoms with E-state index in [-0.39, 0.29) is 37.3 Å². The molecule has 1 aliphatic rings. The van der Waals surface area contributed by atoms with Crippen LogP contribution < -0.4 is 15.4 Å². The Morgan fingerprint density at radius 1 is 1.09 bits per heavy atom. The number of amides is 4. The van der Waals surface area contributed by atoms with Crippen molar-refractivity contribution >= 4 is 29.2 Å². The summed E-state index contributed by atoms with van der Waals surface area (Å²) < 4.78 is 50.6. The number of hydrogen-bond acceptors (Lipinski definition) is 6. The topological polar surface area (TPSA) is 120 Å². The van der Waals surface area contributed by atoms with E-state index in [1.54, 1.807) is 43.3 Å². The molecule has 0 spiro atoms. The molecule has 0 bridgehead atoms. The summed E-state index contributed by atoms with van der Waals surface area (Å²) in [4.78, 5) is 42.1. The summed E-state index contributed by atoms with van der Waals surface area (Å²) in [6, 6.07) is 12.6. The Balaban J connectivity index is 1.89. The second kappa shape index (κ2) is 17.2. The van der Waals surface area contributed by atoms with Crippen LogP contribution in [0.25, 0.3) is 0 Å². The van der Waals surface area contributed by atoms with Crippen molar-refractivity contribution in [2.75, 3.05) is 44.0 Å². The van der Waals surface area contributed by atoms with Gasteiger partial charge in [-0.15, -0.1) is 0 Å². The van der Waals surface area contributed by atoms with Crippen molar-refractivity contribution in [2.24, 2.45) is 5.92 Å². The molecule has 46 heavy (non-hydrogen) atoms. The molecule has 13 heteroatoms. The lowest BCUT2D eigenvalue weighted by atomic mass is 10.0. The summed E-state index contributed by atoms with van der Waals surface area (Å²) >= 11 is 0. The Kier molecular flexibility index (Phi) is 13.7. The third-order valence-electron chi connectivity index (χ3n) is 7.84. The molecule has 0 unspecified atom stereocenters. The minimum atomic E-state index is -4.44. The van der Waals surface area contributed by atoms with Gasteiger partial charge in [-0.3, -0.25) is 9.59 Å². The molecule has 4 atom stereocenters. The van der Waals surface area contributed by atoms with E-state index in [4.69, 9.17) is 9.47 Å². The highest BCUT2D eigenvalue weighted by Crippen LogP contribution is 2.29. The number of aliphatic hydroxyl groups excluding tert-OH is 1. The number of alkyl halides is 3. The van der Waals surface area contributed by atoms with E-state index in [0.29, 0.717) is 36.6 Å². The Hall–Kier alpha value is -3.84. The molecule has 2 aromatic rings. The quantitative estimate of drug-likeness (QED) is 0.326. The summed E-state index contributed by atoms with van der Waals surface area (Å²) in [5.74, 6) is -1.15. The van der Waals surface area contributed by atoms with E-state index >= 15 is 0 Å². The van der Waals surface area contributed by atoms with Gasteiger partial charge in [-0.05, 0) is 63.4 Å². The van der Waals surface area contributed by atoms with Crippen LogP contribution in [0.2, 0.25) is 0 Å². The molecule has 3 rings (SSSR count). The second-order valence-electron chi connectivity index (χ2n) is 11.8. The maximum atomic E-state index is 14.2. The molecule has 0 aliphatic carbocycles. The molecule has 0 saturated heterocycles. The number of anilines is 2. The van der Waals surface area contributed by atoms with Crippen LogP contribution in [0, 0.1) is 5.92 Å². The summed E-state index contributed by atoms with van der Waals surface area (Å²) in [5, 5.41) is 15.6. The smallest absolute Gasteiger partial charge is 0.389 e. The molecule has 10 nitrogen and oxygen atoms in total. The van der Waals surface area contributed by atoms with E-state index in [2.05, 4.69) is 10.6 Å². The standard InChI is InChI=1S/C33H45F3N4O6/c1-22-19-40(23(2)21-41)31(43)27-18-26(38-32(44)37-25-11-6-5-7-12-25)13-14-28(27)46-24(3)10-8-9-17-45-29(22)20-39(4)30(42)15-16-33(34,35)36/h5-7,11-14,18,22-24,29,41H,8-10,15-17,19-21H2,1-4H3,(H2,37,38,44)/t22-,23+,24+,29-/m0/s1. The van der Waals surface area contributed by atoms with Crippen molar-refractivity contribution in [3.05, 3.63) is 54.1 Å².